The summed E-state index contributed by atoms with van der Waals surface area (Å²) in [6, 6.07) is 4.09. The topological polar surface area (TPSA) is 93.0 Å². The van der Waals surface area contributed by atoms with Crippen molar-refractivity contribution < 1.29 is 18.1 Å². The molecule has 0 atom stereocenters. The van der Waals surface area contributed by atoms with Gasteiger partial charge in [0.05, 0.1) is 34.5 Å². The highest BCUT2D eigenvalue weighted by Gasteiger charge is 2.25. The summed E-state index contributed by atoms with van der Waals surface area (Å²) in [5.41, 5.74) is 0.295. The lowest BCUT2D eigenvalue weighted by molar-refractivity contribution is -0.385. The van der Waals surface area contributed by atoms with Gasteiger partial charge in [-0.25, -0.2) is 8.42 Å². The molecular weight excluding hydrogens is 518 g/mol. The predicted molar refractivity (Wildman–Crippen MR) is 117 cm³/mol. The second kappa shape index (κ2) is 11.4. The fraction of sp³-hybridized carbons (Fsp3) is 0.647. The number of alkyl halides is 2. The van der Waals surface area contributed by atoms with E-state index in [4.69, 9.17) is 4.74 Å². The molecule has 0 bridgehead atoms. The Kier molecular flexibility index (Phi) is 9.61. The molecule has 1 aromatic carbocycles. The van der Waals surface area contributed by atoms with Crippen LogP contribution in [0.3, 0.4) is 0 Å². The number of nitro groups is 1. The van der Waals surface area contributed by atoms with Gasteiger partial charge in [-0.3, -0.25) is 15.0 Å². The Labute approximate surface area is 182 Å². The van der Waals surface area contributed by atoms with Crippen molar-refractivity contribution in [1.82, 2.24) is 4.90 Å². The number of hydrogen-bond donors (Lipinski definition) is 0. The average Bonchev–Trinajstić information content (AvgIpc) is 2.68. The summed E-state index contributed by atoms with van der Waals surface area (Å²) < 4.78 is 31.4. The van der Waals surface area contributed by atoms with Crippen molar-refractivity contribution in [3.63, 3.8) is 0 Å². The number of anilines is 1. The van der Waals surface area contributed by atoms with Crippen molar-refractivity contribution >= 4 is 53.1 Å². The Morgan fingerprint density at radius 1 is 1.18 bits per heavy atom. The lowest BCUT2D eigenvalue weighted by Gasteiger charge is -2.27. The monoisotopic (exact) mass is 541 g/mol. The molecule has 0 N–H and O–H groups in total. The molecule has 8 nitrogen and oxygen atoms in total. The lowest BCUT2D eigenvalue weighted by atomic mass is 10.2. The Morgan fingerprint density at radius 2 is 1.82 bits per heavy atom. The molecule has 0 amide bonds. The lowest BCUT2D eigenvalue weighted by Crippen LogP contribution is -2.37. The first-order valence-electron chi connectivity index (χ1n) is 9.07. The summed E-state index contributed by atoms with van der Waals surface area (Å²) in [6.07, 6.45) is 0.474. The minimum Gasteiger partial charge on any atom is -0.379 e. The van der Waals surface area contributed by atoms with Crippen LogP contribution in [0.5, 0.6) is 0 Å². The molecular formula is C17H25Br2N3O5S. The van der Waals surface area contributed by atoms with E-state index in [2.05, 4.69) is 36.8 Å². The van der Waals surface area contributed by atoms with E-state index in [1.165, 1.54) is 18.2 Å². The third-order valence-corrected chi connectivity index (χ3v) is 7.06. The zero-order valence-electron chi connectivity index (χ0n) is 15.6. The van der Waals surface area contributed by atoms with Crippen molar-refractivity contribution in [2.75, 3.05) is 67.3 Å². The van der Waals surface area contributed by atoms with Gasteiger partial charge in [0.1, 0.15) is 0 Å². The number of non-ortho nitro benzene ring substituents is 1. The van der Waals surface area contributed by atoms with Crippen LogP contribution in [0.15, 0.2) is 23.1 Å². The van der Waals surface area contributed by atoms with Gasteiger partial charge in [-0.2, -0.15) is 0 Å². The highest BCUT2D eigenvalue weighted by molar-refractivity contribution is 9.09. The number of hydrogen-bond acceptors (Lipinski definition) is 7. The van der Waals surface area contributed by atoms with Crippen LogP contribution in [0.25, 0.3) is 0 Å². The normalized spacial score (nSPS) is 15.5. The molecule has 0 aliphatic carbocycles. The predicted octanol–water partition coefficient (Wildman–Crippen LogP) is 2.69. The van der Waals surface area contributed by atoms with E-state index in [1.54, 1.807) is 0 Å². The highest BCUT2D eigenvalue weighted by Crippen LogP contribution is 2.31. The second-order valence-corrected chi connectivity index (χ2v) is 10.1. The minimum atomic E-state index is -3.66. The van der Waals surface area contributed by atoms with Gasteiger partial charge < -0.3 is 9.64 Å². The van der Waals surface area contributed by atoms with Crippen LogP contribution < -0.4 is 4.90 Å². The molecule has 1 aliphatic rings. The average molecular weight is 543 g/mol. The second-order valence-electron chi connectivity index (χ2n) is 6.40. The van der Waals surface area contributed by atoms with Crippen molar-refractivity contribution in [3.8, 4) is 0 Å². The van der Waals surface area contributed by atoms with Crippen molar-refractivity contribution in [2.45, 2.75) is 11.3 Å². The maximum atomic E-state index is 13.1. The van der Waals surface area contributed by atoms with Crippen molar-refractivity contribution in [3.05, 3.63) is 28.3 Å². The van der Waals surface area contributed by atoms with E-state index in [1.807, 2.05) is 4.90 Å². The van der Waals surface area contributed by atoms with E-state index in [-0.39, 0.29) is 16.3 Å². The van der Waals surface area contributed by atoms with Gasteiger partial charge in [0.25, 0.3) is 5.69 Å². The zero-order valence-corrected chi connectivity index (χ0v) is 19.5. The summed E-state index contributed by atoms with van der Waals surface area (Å²) >= 11 is 6.77. The molecule has 158 valence electrons. The van der Waals surface area contributed by atoms with Crippen molar-refractivity contribution in [1.29, 1.82) is 0 Å². The van der Waals surface area contributed by atoms with Crippen molar-refractivity contribution in [2.24, 2.45) is 0 Å². The minimum absolute atomic E-state index is 0.0329. The fourth-order valence-corrected chi connectivity index (χ4v) is 5.50. The molecule has 2 rings (SSSR count). The number of ether oxygens (including phenoxy) is 1. The van der Waals surface area contributed by atoms with E-state index >= 15 is 0 Å². The Hall–Kier alpha value is -0.750. The number of halogens is 2. The molecule has 1 aromatic rings. The van der Waals surface area contributed by atoms with E-state index in [0.29, 0.717) is 55.6 Å². The number of rotatable bonds is 11. The third kappa shape index (κ3) is 6.65. The smallest absolute Gasteiger partial charge is 0.270 e. The number of benzene rings is 1. The largest absolute Gasteiger partial charge is 0.379 e. The molecule has 0 unspecified atom stereocenters. The molecule has 0 saturated carbocycles. The molecule has 0 aromatic heterocycles. The molecule has 28 heavy (non-hydrogen) atoms. The van der Waals surface area contributed by atoms with Gasteiger partial charge in [0, 0.05) is 49.0 Å². The first kappa shape index (κ1) is 23.5. The Bertz CT molecular complexity index is 751. The fourth-order valence-electron chi connectivity index (χ4n) is 3.10. The third-order valence-electron chi connectivity index (χ3n) is 4.53. The molecule has 0 spiro atoms. The van der Waals surface area contributed by atoms with Gasteiger partial charge in [-0.05, 0) is 19.0 Å². The summed E-state index contributed by atoms with van der Waals surface area (Å²) in [4.78, 5) is 14.8. The molecule has 0 radical (unpaired) electrons. The zero-order chi connectivity index (χ0) is 20.6. The van der Waals surface area contributed by atoms with Gasteiger partial charge in [-0.15, -0.1) is 0 Å². The molecule has 1 fully saturated rings. The molecule has 1 aliphatic heterocycles. The number of morpholine rings is 1. The van der Waals surface area contributed by atoms with Gasteiger partial charge in [0.15, 0.2) is 9.84 Å². The van der Waals surface area contributed by atoms with E-state index < -0.39 is 14.8 Å². The quantitative estimate of drug-likeness (QED) is 0.241. The highest BCUT2D eigenvalue weighted by atomic mass is 79.9. The summed E-state index contributed by atoms with van der Waals surface area (Å²) in [5, 5.41) is 12.5. The van der Waals surface area contributed by atoms with Crippen LogP contribution in [0, 0.1) is 10.1 Å². The summed E-state index contributed by atoms with van der Waals surface area (Å²) in [5.74, 6) is -0.0466. The number of nitrogens with zero attached hydrogens (tertiary/aromatic N) is 3. The summed E-state index contributed by atoms with van der Waals surface area (Å²) in [7, 11) is -3.66. The Morgan fingerprint density at radius 3 is 2.39 bits per heavy atom. The molecule has 1 saturated heterocycles. The maximum Gasteiger partial charge on any atom is 0.270 e. The van der Waals surface area contributed by atoms with Gasteiger partial charge in [0.2, 0.25) is 0 Å². The van der Waals surface area contributed by atoms with Crippen LogP contribution in [-0.4, -0.2) is 80.6 Å². The SMILES string of the molecule is O=[N+]([O-])c1ccc(N(CCBr)CCBr)c(S(=O)(=O)CCCN2CCOCC2)c1. The van der Waals surface area contributed by atoms with Crippen LogP contribution in [0.4, 0.5) is 11.4 Å². The molecule has 1 heterocycles. The van der Waals surface area contributed by atoms with E-state index in [0.717, 1.165) is 13.1 Å². The standard InChI is InChI=1S/C17H25Br2N3O5S/c18-4-7-21(8-5-19)16-3-2-15(22(23)24)14-17(16)28(25,26)13-1-6-20-9-11-27-12-10-20/h2-3,14H,1,4-13H2. The first-order valence-corrected chi connectivity index (χ1v) is 13.0. The first-order chi connectivity index (χ1) is 13.4. The Balaban J connectivity index is 2.24. The number of sulfone groups is 1. The van der Waals surface area contributed by atoms with Gasteiger partial charge in [-0.1, -0.05) is 31.9 Å². The van der Waals surface area contributed by atoms with Crippen LogP contribution >= 0.6 is 31.9 Å². The number of nitro benzene ring substituents is 1. The van der Waals surface area contributed by atoms with Crippen LogP contribution in [0.1, 0.15) is 6.42 Å². The van der Waals surface area contributed by atoms with Crippen LogP contribution in [-0.2, 0) is 14.6 Å². The summed E-state index contributed by atoms with van der Waals surface area (Å²) in [6.45, 7) is 4.78. The van der Waals surface area contributed by atoms with E-state index in [9.17, 15) is 18.5 Å². The maximum absolute atomic E-state index is 13.1. The van der Waals surface area contributed by atoms with Crippen LogP contribution in [0.2, 0.25) is 0 Å². The van der Waals surface area contributed by atoms with Gasteiger partial charge >= 0.3 is 0 Å². The molecule has 11 heteroatoms.